The molecule has 0 amide bonds. The van der Waals surface area contributed by atoms with E-state index in [9.17, 15) is 13.5 Å². The van der Waals surface area contributed by atoms with Gasteiger partial charge in [-0.25, -0.2) is 8.42 Å². The van der Waals surface area contributed by atoms with Gasteiger partial charge in [0.2, 0.25) is 0 Å². The van der Waals surface area contributed by atoms with Crippen LogP contribution in [0.25, 0.3) is 0 Å². The van der Waals surface area contributed by atoms with Gasteiger partial charge < -0.3 is 10.0 Å². The zero-order chi connectivity index (χ0) is 13.7. The van der Waals surface area contributed by atoms with Crippen molar-refractivity contribution in [2.45, 2.75) is 37.5 Å². The summed E-state index contributed by atoms with van der Waals surface area (Å²) in [6, 6.07) is 0. The van der Waals surface area contributed by atoms with Crippen LogP contribution in [-0.2, 0) is 9.84 Å². The molecule has 0 heterocycles. The third-order valence-corrected chi connectivity index (χ3v) is 5.02. The fourth-order valence-corrected chi connectivity index (χ4v) is 2.05. The van der Waals surface area contributed by atoms with Gasteiger partial charge in [-0.2, -0.15) is 0 Å². The first-order valence-corrected chi connectivity index (χ1v) is 7.66. The van der Waals surface area contributed by atoms with Gasteiger partial charge in [0.25, 0.3) is 0 Å². The van der Waals surface area contributed by atoms with E-state index in [0.29, 0.717) is 19.5 Å². The highest BCUT2D eigenvalue weighted by atomic mass is 32.2. The van der Waals surface area contributed by atoms with Crippen LogP contribution < -0.4 is 0 Å². The van der Waals surface area contributed by atoms with Crippen LogP contribution in [0.15, 0.2) is 12.7 Å². The number of nitrogens with zero attached hydrogens (tertiary/aromatic N) is 1. The number of hydrogen-bond donors (Lipinski definition) is 1. The van der Waals surface area contributed by atoms with E-state index >= 15 is 0 Å². The lowest BCUT2D eigenvalue weighted by molar-refractivity contribution is 0.115. The zero-order valence-corrected chi connectivity index (χ0v) is 12.1. The number of rotatable bonds is 8. The highest BCUT2D eigenvalue weighted by molar-refractivity contribution is 7.92. The van der Waals surface area contributed by atoms with Crippen molar-refractivity contribution in [3.8, 4) is 0 Å². The Morgan fingerprint density at radius 2 is 2.00 bits per heavy atom. The van der Waals surface area contributed by atoms with Gasteiger partial charge in [-0.1, -0.05) is 6.08 Å². The Labute approximate surface area is 105 Å². The van der Waals surface area contributed by atoms with Crippen LogP contribution in [0.2, 0.25) is 0 Å². The SMILES string of the molecule is C=CCCC(O)CN(C)CC(C)(C)S(C)(=O)=O. The van der Waals surface area contributed by atoms with Crippen LogP contribution in [-0.4, -0.2) is 55.7 Å². The third kappa shape index (κ3) is 6.19. The van der Waals surface area contributed by atoms with Crippen molar-refractivity contribution in [1.82, 2.24) is 4.90 Å². The van der Waals surface area contributed by atoms with E-state index < -0.39 is 20.7 Å². The van der Waals surface area contributed by atoms with Crippen LogP contribution in [0.3, 0.4) is 0 Å². The maximum Gasteiger partial charge on any atom is 0.153 e. The van der Waals surface area contributed by atoms with Crippen LogP contribution in [0.1, 0.15) is 26.7 Å². The molecule has 0 spiro atoms. The normalized spacial score (nSPS) is 14.9. The predicted octanol–water partition coefficient (Wildman–Crippen LogP) is 1.07. The number of likely N-dealkylation sites (N-methyl/N-ethyl adjacent to an activating group) is 1. The summed E-state index contributed by atoms with van der Waals surface area (Å²) in [5.74, 6) is 0. The maximum atomic E-state index is 11.5. The predicted molar refractivity (Wildman–Crippen MR) is 71.9 cm³/mol. The van der Waals surface area contributed by atoms with E-state index in [1.54, 1.807) is 19.9 Å². The smallest absolute Gasteiger partial charge is 0.153 e. The molecule has 5 heteroatoms. The second-order valence-corrected chi connectivity index (χ2v) is 7.90. The minimum atomic E-state index is -3.09. The van der Waals surface area contributed by atoms with Crippen molar-refractivity contribution in [2.75, 3.05) is 26.4 Å². The Bertz CT molecular complexity index is 336. The molecule has 1 atom stereocenters. The number of allylic oxidation sites excluding steroid dienone is 1. The second kappa shape index (κ2) is 6.52. The molecule has 4 nitrogen and oxygen atoms in total. The number of aliphatic hydroxyl groups excluding tert-OH is 1. The minimum absolute atomic E-state index is 0.414. The lowest BCUT2D eigenvalue weighted by Crippen LogP contribution is -2.44. The summed E-state index contributed by atoms with van der Waals surface area (Å²) < 4.78 is 22.3. The standard InChI is InChI=1S/C12H25NO3S/c1-6-7-8-11(14)9-13(4)10-12(2,3)17(5,15)16/h6,11,14H,1,7-10H2,2-5H3. The monoisotopic (exact) mass is 263 g/mol. The molecular weight excluding hydrogens is 238 g/mol. The molecule has 0 bridgehead atoms. The molecule has 0 saturated carbocycles. The van der Waals surface area contributed by atoms with Gasteiger partial charge in [-0.15, -0.1) is 6.58 Å². The van der Waals surface area contributed by atoms with Gasteiger partial charge in [-0.3, -0.25) is 0 Å². The number of sulfone groups is 1. The fourth-order valence-electron chi connectivity index (χ4n) is 1.59. The summed E-state index contributed by atoms with van der Waals surface area (Å²) in [6.45, 7) is 7.90. The molecule has 0 fully saturated rings. The molecule has 0 rings (SSSR count). The van der Waals surface area contributed by atoms with Gasteiger partial charge in [0, 0.05) is 19.3 Å². The Morgan fingerprint density at radius 3 is 2.41 bits per heavy atom. The van der Waals surface area contributed by atoms with Crippen molar-refractivity contribution in [2.24, 2.45) is 0 Å². The summed E-state index contributed by atoms with van der Waals surface area (Å²) in [5.41, 5.74) is 0. The molecule has 0 saturated heterocycles. The number of aliphatic hydroxyl groups is 1. The quantitative estimate of drug-likeness (QED) is 0.666. The summed E-state index contributed by atoms with van der Waals surface area (Å²) in [4.78, 5) is 1.86. The lowest BCUT2D eigenvalue weighted by atomic mass is 10.1. The zero-order valence-electron chi connectivity index (χ0n) is 11.3. The van der Waals surface area contributed by atoms with Crippen LogP contribution >= 0.6 is 0 Å². The Hall–Kier alpha value is -0.390. The molecule has 0 aliphatic carbocycles. The van der Waals surface area contributed by atoms with Crippen molar-refractivity contribution >= 4 is 9.84 Å². The second-order valence-electron chi connectivity index (χ2n) is 5.25. The average molecular weight is 263 g/mol. The van der Waals surface area contributed by atoms with Gasteiger partial charge >= 0.3 is 0 Å². The first kappa shape index (κ1) is 16.6. The van der Waals surface area contributed by atoms with Gasteiger partial charge in [0.15, 0.2) is 9.84 Å². The van der Waals surface area contributed by atoms with Crippen molar-refractivity contribution in [3.05, 3.63) is 12.7 Å². The molecule has 0 aliphatic heterocycles. The van der Waals surface area contributed by atoms with E-state index in [2.05, 4.69) is 6.58 Å². The molecule has 0 aromatic heterocycles. The van der Waals surface area contributed by atoms with Crippen LogP contribution in [0.4, 0.5) is 0 Å². The summed E-state index contributed by atoms with van der Waals surface area (Å²) in [7, 11) is -1.27. The van der Waals surface area contributed by atoms with Crippen molar-refractivity contribution in [3.63, 3.8) is 0 Å². The molecule has 1 unspecified atom stereocenters. The van der Waals surface area contributed by atoms with Crippen LogP contribution in [0, 0.1) is 0 Å². The molecule has 0 radical (unpaired) electrons. The lowest BCUT2D eigenvalue weighted by Gasteiger charge is -2.29. The largest absolute Gasteiger partial charge is 0.392 e. The minimum Gasteiger partial charge on any atom is -0.392 e. The summed E-state index contributed by atoms with van der Waals surface area (Å²) >= 11 is 0. The highest BCUT2D eigenvalue weighted by Crippen LogP contribution is 2.16. The molecule has 17 heavy (non-hydrogen) atoms. The highest BCUT2D eigenvalue weighted by Gasteiger charge is 2.31. The van der Waals surface area contributed by atoms with E-state index in [1.807, 2.05) is 11.9 Å². The number of hydrogen-bond acceptors (Lipinski definition) is 4. The average Bonchev–Trinajstić information content (AvgIpc) is 2.11. The van der Waals surface area contributed by atoms with Gasteiger partial charge in [0.05, 0.1) is 10.9 Å². The maximum absolute atomic E-state index is 11.5. The molecule has 0 aliphatic rings. The van der Waals surface area contributed by atoms with Crippen LogP contribution in [0.5, 0.6) is 0 Å². The molecule has 0 aromatic rings. The van der Waals surface area contributed by atoms with Crippen molar-refractivity contribution < 1.29 is 13.5 Å². The van der Waals surface area contributed by atoms with Crippen molar-refractivity contribution in [1.29, 1.82) is 0 Å². The summed E-state index contributed by atoms with van der Waals surface area (Å²) in [6.07, 6.45) is 4.00. The van der Waals surface area contributed by atoms with E-state index in [1.165, 1.54) is 6.26 Å². The summed E-state index contributed by atoms with van der Waals surface area (Å²) in [5, 5.41) is 9.71. The molecule has 1 N–H and O–H groups in total. The van der Waals surface area contributed by atoms with E-state index in [4.69, 9.17) is 0 Å². The van der Waals surface area contributed by atoms with E-state index in [0.717, 1.165) is 6.42 Å². The Morgan fingerprint density at radius 1 is 1.47 bits per heavy atom. The molecular formula is C12H25NO3S. The first-order chi connectivity index (χ1) is 7.60. The topological polar surface area (TPSA) is 57.6 Å². The van der Waals surface area contributed by atoms with Gasteiger partial charge in [-0.05, 0) is 33.7 Å². The van der Waals surface area contributed by atoms with E-state index in [-0.39, 0.29) is 0 Å². The first-order valence-electron chi connectivity index (χ1n) is 5.77. The fraction of sp³-hybridized carbons (Fsp3) is 0.833. The Kier molecular flexibility index (Phi) is 6.37. The Balaban J connectivity index is 4.27. The molecule has 102 valence electrons. The van der Waals surface area contributed by atoms with Gasteiger partial charge in [0.1, 0.15) is 0 Å². The third-order valence-electron chi connectivity index (χ3n) is 2.88. The molecule has 0 aromatic carbocycles.